The van der Waals surface area contributed by atoms with Crippen LogP contribution in [-0.2, 0) is 0 Å². The second kappa shape index (κ2) is 1.71. The Kier molecular flexibility index (Phi) is 0.972. The molecule has 0 radical (unpaired) electrons. The first kappa shape index (κ1) is 6.24. The summed E-state index contributed by atoms with van der Waals surface area (Å²) in [5.41, 5.74) is 8.07. The third-order valence-electron chi connectivity index (χ3n) is 4.19. The van der Waals surface area contributed by atoms with Crippen LogP contribution >= 0.6 is 0 Å². The van der Waals surface area contributed by atoms with E-state index < -0.39 is 0 Å². The van der Waals surface area contributed by atoms with Gasteiger partial charge in [-0.25, -0.2) is 0 Å². The first-order valence-electron chi connectivity index (χ1n) is 4.74. The molecule has 0 spiro atoms. The van der Waals surface area contributed by atoms with Gasteiger partial charge in [-0.1, -0.05) is 11.6 Å². The lowest BCUT2D eigenvalue weighted by molar-refractivity contribution is 0.299. The molecule has 3 atom stereocenters. The standard InChI is InChI=1S/C10H15N/c11-6-10-4-7-1-2-9(10)3-8(7)5-10/h2,7-8H,1,3-6,11H2. The predicted octanol–water partition coefficient (Wildman–Crippen LogP) is 1.69. The summed E-state index contributed by atoms with van der Waals surface area (Å²) in [5, 5.41) is 0. The van der Waals surface area contributed by atoms with E-state index in [1.54, 1.807) is 5.57 Å². The summed E-state index contributed by atoms with van der Waals surface area (Å²) < 4.78 is 0. The molecule has 4 aliphatic carbocycles. The largest absolute Gasteiger partial charge is 0.330 e. The molecular formula is C10H15N. The van der Waals surface area contributed by atoms with E-state index in [-0.39, 0.29) is 0 Å². The van der Waals surface area contributed by atoms with Crippen LogP contribution in [0.3, 0.4) is 0 Å². The van der Waals surface area contributed by atoms with Crippen molar-refractivity contribution in [1.82, 2.24) is 0 Å². The molecule has 2 fully saturated rings. The zero-order valence-corrected chi connectivity index (χ0v) is 6.84. The van der Waals surface area contributed by atoms with E-state index in [0.29, 0.717) is 5.41 Å². The van der Waals surface area contributed by atoms with Gasteiger partial charge in [0.15, 0.2) is 0 Å². The van der Waals surface area contributed by atoms with E-state index in [4.69, 9.17) is 5.73 Å². The molecule has 0 aliphatic heterocycles. The second-order valence-corrected chi connectivity index (χ2v) is 4.58. The highest BCUT2D eigenvalue weighted by Gasteiger charge is 2.54. The summed E-state index contributed by atoms with van der Waals surface area (Å²) in [7, 11) is 0. The van der Waals surface area contributed by atoms with E-state index >= 15 is 0 Å². The van der Waals surface area contributed by atoms with Crippen molar-refractivity contribution in [2.45, 2.75) is 25.7 Å². The topological polar surface area (TPSA) is 26.0 Å². The lowest BCUT2D eigenvalue weighted by atomic mass is 9.70. The molecule has 2 saturated carbocycles. The summed E-state index contributed by atoms with van der Waals surface area (Å²) in [4.78, 5) is 0. The quantitative estimate of drug-likeness (QED) is 0.564. The van der Waals surface area contributed by atoms with Crippen molar-refractivity contribution in [3.05, 3.63) is 11.6 Å². The zero-order chi connectivity index (χ0) is 7.47. The van der Waals surface area contributed by atoms with Gasteiger partial charge in [-0.3, -0.25) is 0 Å². The maximum atomic E-state index is 5.85. The van der Waals surface area contributed by atoms with Crippen molar-refractivity contribution >= 4 is 0 Å². The lowest BCUT2D eigenvalue weighted by Crippen LogP contribution is -2.31. The van der Waals surface area contributed by atoms with Crippen LogP contribution < -0.4 is 5.73 Å². The summed E-state index contributed by atoms with van der Waals surface area (Å²) >= 11 is 0. The van der Waals surface area contributed by atoms with E-state index in [0.717, 1.165) is 18.4 Å². The van der Waals surface area contributed by atoms with Crippen molar-refractivity contribution in [3.8, 4) is 0 Å². The maximum absolute atomic E-state index is 5.85. The normalized spacial score (nSPS) is 51.9. The third kappa shape index (κ3) is 0.572. The monoisotopic (exact) mass is 149 g/mol. The summed E-state index contributed by atoms with van der Waals surface area (Å²) in [6, 6.07) is 0. The Balaban J connectivity index is 2.11. The Morgan fingerprint density at radius 1 is 1.45 bits per heavy atom. The molecule has 3 unspecified atom stereocenters. The maximum Gasteiger partial charge on any atom is 0.00402 e. The Labute approximate surface area is 67.7 Å². The molecule has 4 aliphatic rings. The molecule has 60 valence electrons. The second-order valence-electron chi connectivity index (χ2n) is 4.58. The van der Waals surface area contributed by atoms with Gasteiger partial charge in [-0.2, -0.15) is 0 Å². The number of hydrogen-bond acceptors (Lipinski definition) is 1. The highest BCUT2D eigenvalue weighted by atomic mass is 14.7. The van der Waals surface area contributed by atoms with Gasteiger partial charge in [0.05, 0.1) is 0 Å². The van der Waals surface area contributed by atoms with Gasteiger partial charge in [0.25, 0.3) is 0 Å². The van der Waals surface area contributed by atoms with Gasteiger partial charge in [-0.15, -0.1) is 0 Å². The number of fused-ring (bicyclic) bond motifs is 1. The number of rotatable bonds is 1. The van der Waals surface area contributed by atoms with Gasteiger partial charge in [0.2, 0.25) is 0 Å². The van der Waals surface area contributed by atoms with Gasteiger partial charge in [0.1, 0.15) is 0 Å². The average Bonchev–Trinajstić information content (AvgIpc) is 2.55. The highest BCUT2D eigenvalue weighted by molar-refractivity contribution is 5.30. The summed E-state index contributed by atoms with van der Waals surface area (Å²) in [6.45, 7) is 0.909. The molecule has 0 aromatic carbocycles. The molecule has 0 saturated heterocycles. The fourth-order valence-corrected chi connectivity index (χ4v) is 3.59. The summed E-state index contributed by atoms with van der Waals surface area (Å²) in [6.07, 6.45) is 8.06. The number of nitrogens with two attached hydrogens (primary N) is 1. The average molecular weight is 149 g/mol. The molecule has 11 heavy (non-hydrogen) atoms. The highest BCUT2D eigenvalue weighted by Crippen LogP contribution is 2.63. The minimum Gasteiger partial charge on any atom is -0.330 e. The molecule has 0 aromatic rings. The Morgan fingerprint density at radius 3 is 2.73 bits per heavy atom. The smallest absolute Gasteiger partial charge is 0.00402 e. The van der Waals surface area contributed by atoms with Crippen LogP contribution in [0.15, 0.2) is 11.6 Å². The molecule has 4 rings (SSSR count). The molecule has 2 N–H and O–H groups in total. The molecule has 1 heteroatoms. The Bertz CT molecular complexity index is 223. The lowest BCUT2D eigenvalue weighted by Gasteiger charge is -2.36. The van der Waals surface area contributed by atoms with Crippen LogP contribution in [0.1, 0.15) is 25.7 Å². The first-order valence-corrected chi connectivity index (χ1v) is 4.74. The fourth-order valence-electron chi connectivity index (χ4n) is 3.59. The van der Waals surface area contributed by atoms with E-state index in [9.17, 15) is 0 Å². The van der Waals surface area contributed by atoms with E-state index in [2.05, 4.69) is 6.08 Å². The first-order chi connectivity index (χ1) is 5.34. The van der Waals surface area contributed by atoms with Gasteiger partial charge in [-0.05, 0) is 37.5 Å². The Morgan fingerprint density at radius 2 is 2.27 bits per heavy atom. The van der Waals surface area contributed by atoms with Crippen molar-refractivity contribution in [2.24, 2.45) is 23.0 Å². The van der Waals surface area contributed by atoms with Gasteiger partial charge in [0, 0.05) is 12.0 Å². The van der Waals surface area contributed by atoms with E-state index in [1.165, 1.54) is 25.7 Å². The van der Waals surface area contributed by atoms with Crippen LogP contribution in [0.2, 0.25) is 0 Å². The van der Waals surface area contributed by atoms with E-state index in [1.807, 2.05) is 0 Å². The van der Waals surface area contributed by atoms with Crippen LogP contribution in [0.4, 0.5) is 0 Å². The third-order valence-corrected chi connectivity index (χ3v) is 4.19. The number of hydrogen-bond donors (Lipinski definition) is 1. The minimum atomic E-state index is 0.508. The van der Waals surface area contributed by atoms with Crippen molar-refractivity contribution in [3.63, 3.8) is 0 Å². The zero-order valence-electron chi connectivity index (χ0n) is 6.84. The predicted molar refractivity (Wildman–Crippen MR) is 45.0 cm³/mol. The summed E-state index contributed by atoms with van der Waals surface area (Å²) in [5.74, 6) is 2.04. The van der Waals surface area contributed by atoms with Gasteiger partial charge >= 0.3 is 0 Å². The van der Waals surface area contributed by atoms with Crippen molar-refractivity contribution in [1.29, 1.82) is 0 Å². The molecule has 0 heterocycles. The van der Waals surface area contributed by atoms with Crippen LogP contribution in [0, 0.1) is 17.3 Å². The van der Waals surface area contributed by atoms with Crippen molar-refractivity contribution in [2.75, 3.05) is 6.54 Å². The van der Waals surface area contributed by atoms with Crippen molar-refractivity contribution < 1.29 is 0 Å². The minimum absolute atomic E-state index is 0.508. The number of allylic oxidation sites excluding steroid dienone is 1. The Hall–Kier alpha value is -0.300. The SMILES string of the molecule is NCC12CC3CC=C1CC3C2. The molecular weight excluding hydrogens is 134 g/mol. The molecule has 4 bridgehead atoms. The molecule has 1 nitrogen and oxygen atoms in total. The molecule has 0 amide bonds. The van der Waals surface area contributed by atoms with Crippen LogP contribution in [0.25, 0.3) is 0 Å². The van der Waals surface area contributed by atoms with Crippen LogP contribution in [0.5, 0.6) is 0 Å². The fraction of sp³-hybridized carbons (Fsp3) is 0.800. The van der Waals surface area contributed by atoms with Crippen LogP contribution in [-0.4, -0.2) is 6.54 Å². The van der Waals surface area contributed by atoms with Gasteiger partial charge < -0.3 is 5.73 Å². The molecule has 0 aromatic heterocycles.